The van der Waals surface area contributed by atoms with E-state index >= 15 is 0 Å². The molecule has 0 heterocycles. The monoisotopic (exact) mass is 281 g/mol. The van der Waals surface area contributed by atoms with Gasteiger partial charge in [-0.2, -0.15) is 0 Å². The molecule has 3 atom stereocenters. The Morgan fingerprint density at radius 1 is 1.05 bits per heavy atom. The minimum absolute atomic E-state index is 0.0481. The Hall–Kier alpha value is -0.0800. The van der Waals surface area contributed by atoms with Gasteiger partial charge < -0.3 is 10.0 Å². The maximum Gasteiger partial charge on any atom is 0.0580 e. The molecule has 2 rings (SSSR count). The first-order valence-electron chi connectivity index (χ1n) is 8.98. The van der Waals surface area contributed by atoms with Crippen molar-refractivity contribution in [2.75, 3.05) is 13.6 Å². The minimum atomic E-state index is -0.0481. The van der Waals surface area contributed by atoms with Crippen molar-refractivity contribution in [3.8, 4) is 0 Å². The third-order valence-corrected chi connectivity index (χ3v) is 5.88. The predicted octanol–water partition coefficient (Wildman–Crippen LogP) is 4.07. The first-order chi connectivity index (χ1) is 9.60. The molecule has 0 bridgehead atoms. The van der Waals surface area contributed by atoms with E-state index < -0.39 is 0 Å². The van der Waals surface area contributed by atoms with Crippen LogP contribution in [0.25, 0.3) is 0 Å². The van der Waals surface area contributed by atoms with Gasteiger partial charge in [0.2, 0.25) is 0 Å². The van der Waals surface area contributed by atoms with Crippen molar-refractivity contribution in [3.05, 3.63) is 0 Å². The molecular formula is C18H35NO. The molecule has 20 heavy (non-hydrogen) atoms. The normalized spacial score (nSPS) is 39.1. The number of nitrogens with zero attached hydrogens (tertiary/aromatic N) is 1. The van der Waals surface area contributed by atoms with E-state index in [0.29, 0.717) is 5.92 Å². The van der Waals surface area contributed by atoms with Gasteiger partial charge in [0.1, 0.15) is 0 Å². The Morgan fingerprint density at radius 2 is 1.75 bits per heavy atom. The van der Waals surface area contributed by atoms with E-state index in [-0.39, 0.29) is 6.10 Å². The maximum atomic E-state index is 10.3. The van der Waals surface area contributed by atoms with Crippen molar-refractivity contribution in [3.63, 3.8) is 0 Å². The van der Waals surface area contributed by atoms with Crippen LogP contribution in [0.5, 0.6) is 0 Å². The number of aliphatic hydroxyl groups is 1. The summed E-state index contributed by atoms with van der Waals surface area (Å²) < 4.78 is 0. The van der Waals surface area contributed by atoms with E-state index in [1.807, 2.05) is 0 Å². The Bertz CT molecular complexity index is 273. The van der Waals surface area contributed by atoms with Crippen LogP contribution in [0, 0.1) is 17.8 Å². The highest BCUT2D eigenvalue weighted by Gasteiger charge is 2.31. The molecule has 0 radical (unpaired) electrons. The van der Waals surface area contributed by atoms with Crippen LogP contribution in [-0.4, -0.2) is 35.7 Å². The molecular weight excluding hydrogens is 246 g/mol. The van der Waals surface area contributed by atoms with Gasteiger partial charge in [-0.3, -0.25) is 0 Å². The van der Waals surface area contributed by atoms with E-state index in [1.165, 1.54) is 51.4 Å². The van der Waals surface area contributed by atoms with Crippen molar-refractivity contribution in [1.82, 2.24) is 4.90 Å². The van der Waals surface area contributed by atoms with E-state index in [4.69, 9.17) is 0 Å². The van der Waals surface area contributed by atoms with Crippen molar-refractivity contribution >= 4 is 0 Å². The average molecular weight is 281 g/mol. The van der Waals surface area contributed by atoms with Crippen molar-refractivity contribution in [2.45, 2.75) is 83.8 Å². The van der Waals surface area contributed by atoms with E-state index in [0.717, 1.165) is 30.8 Å². The lowest BCUT2D eigenvalue weighted by molar-refractivity contribution is 0.0185. The molecule has 2 aliphatic carbocycles. The molecule has 0 amide bonds. The fraction of sp³-hybridized carbons (Fsp3) is 1.00. The Kier molecular flexibility index (Phi) is 6.35. The topological polar surface area (TPSA) is 23.5 Å². The summed E-state index contributed by atoms with van der Waals surface area (Å²) >= 11 is 0. The summed E-state index contributed by atoms with van der Waals surface area (Å²) in [6.45, 7) is 5.78. The van der Waals surface area contributed by atoms with Gasteiger partial charge in [0.25, 0.3) is 0 Å². The fourth-order valence-electron chi connectivity index (χ4n) is 4.41. The standard InChI is InChI=1S/C18H35NO/c1-4-5-15-8-11-18(20)16(12-15)13-19(3)17-9-6-14(2)7-10-17/h14-18,20H,4-13H2,1-3H3. The molecule has 0 saturated heterocycles. The number of rotatable bonds is 5. The highest BCUT2D eigenvalue weighted by molar-refractivity contribution is 4.84. The zero-order chi connectivity index (χ0) is 14.5. The zero-order valence-corrected chi connectivity index (χ0v) is 13.9. The van der Waals surface area contributed by atoms with Gasteiger partial charge >= 0.3 is 0 Å². The van der Waals surface area contributed by atoms with Gasteiger partial charge in [-0.05, 0) is 69.7 Å². The van der Waals surface area contributed by atoms with Crippen molar-refractivity contribution in [1.29, 1.82) is 0 Å². The van der Waals surface area contributed by atoms with Crippen LogP contribution >= 0.6 is 0 Å². The Balaban J connectivity index is 1.80. The van der Waals surface area contributed by atoms with Gasteiger partial charge in [-0.25, -0.2) is 0 Å². The molecule has 3 unspecified atom stereocenters. The van der Waals surface area contributed by atoms with Crippen LogP contribution in [0.2, 0.25) is 0 Å². The minimum Gasteiger partial charge on any atom is -0.393 e. The first kappa shape index (κ1) is 16.3. The lowest BCUT2D eigenvalue weighted by atomic mass is 9.77. The largest absolute Gasteiger partial charge is 0.393 e. The average Bonchev–Trinajstić information content (AvgIpc) is 2.43. The molecule has 0 spiro atoms. The van der Waals surface area contributed by atoms with Crippen LogP contribution in [0.1, 0.15) is 71.6 Å². The summed E-state index contributed by atoms with van der Waals surface area (Å²) in [5, 5.41) is 10.3. The van der Waals surface area contributed by atoms with Crippen LogP contribution in [0.3, 0.4) is 0 Å². The second kappa shape index (κ2) is 7.79. The summed E-state index contributed by atoms with van der Waals surface area (Å²) in [7, 11) is 2.29. The predicted molar refractivity (Wildman–Crippen MR) is 85.8 cm³/mol. The van der Waals surface area contributed by atoms with Crippen LogP contribution < -0.4 is 0 Å². The van der Waals surface area contributed by atoms with Crippen LogP contribution in [0.4, 0.5) is 0 Å². The quantitative estimate of drug-likeness (QED) is 0.821. The molecule has 2 saturated carbocycles. The third kappa shape index (κ3) is 4.46. The Labute approximate surface area is 125 Å². The molecule has 2 nitrogen and oxygen atoms in total. The second-order valence-corrected chi connectivity index (χ2v) is 7.65. The number of hydrogen-bond acceptors (Lipinski definition) is 2. The van der Waals surface area contributed by atoms with E-state index in [2.05, 4.69) is 25.8 Å². The van der Waals surface area contributed by atoms with Gasteiger partial charge in [0, 0.05) is 12.6 Å². The molecule has 118 valence electrons. The molecule has 0 aromatic heterocycles. The molecule has 0 aromatic carbocycles. The fourth-order valence-corrected chi connectivity index (χ4v) is 4.41. The maximum absolute atomic E-state index is 10.3. The first-order valence-corrected chi connectivity index (χ1v) is 8.98. The Morgan fingerprint density at radius 3 is 2.40 bits per heavy atom. The van der Waals surface area contributed by atoms with Gasteiger partial charge in [0.05, 0.1) is 6.10 Å². The molecule has 2 heteroatoms. The summed E-state index contributed by atoms with van der Waals surface area (Å²) in [6.07, 6.45) is 11.6. The summed E-state index contributed by atoms with van der Waals surface area (Å²) in [6, 6.07) is 0.768. The SMILES string of the molecule is CCCC1CCC(O)C(CN(C)C2CCC(C)CC2)C1. The zero-order valence-electron chi connectivity index (χ0n) is 13.9. The highest BCUT2D eigenvalue weighted by Crippen LogP contribution is 2.34. The van der Waals surface area contributed by atoms with Gasteiger partial charge in [0.15, 0.2) is 0 Å². The highest BCUT2D eigenvalue weighted by atomic mass is 16.3. The molecule has 1 N–H and O–H groups in total. The van der Waals surface area contributed by atoms with Crippen molar-refractivity contribution < 1.29 is 5.11 Å². The lowest BCUT2D eigenvalue weighted by Crippen LogP contribution is -2.42. The summed E-state index contributed by atoms with van der Waals surface area (Å²) in [4.78, 5) is 2.56. The number of aliphatic hydroxyl groups excluding tert-OH is 1. The summed E-state index contributed by atoms with van der Waals surface area (Å²) in [5.74, 6) is 2.31. The van der Waals surface area contributed by atoms with E-state index in [9.17, 15) is 5.11 Å². The molecule has 2 fully saturated rings. The van der Waals surface area contributed by atoms with Crippen LogP contribution in [0.15, 0.2) is 0 Å². The van der Waals surface area contributed by atoms with Gasteiger partial charge in [-0.15, -0.1) is 0 Å². The molecule has 2 aliphatic rings. The molecule has 0 aliphatic heterocycles. The lowest BCUT2D eigenvalue weighted by Gasteiger charge is -2.39. The third-order valence-electron chi connectivity index (χ3n) is 5.88. The molecule has 0 aromatic rings. The smallest absolute Gasteiger partial charge is 0.0580 e. The summed E-state index contributed by atoms with van der Waals surface area (Å²) in [5.41, 5.74) is 0. The van der Waals surface area contributed by atoms with Crippen molar-refractivity contribution in [2.24, 2.45) is 17.8 Å². The van der Waals surface area contributed by atoms with Crippen LogP contribution in [-0.2, 0) is 0 Å². The number of hydrogen-bond donors (Lipinski definition) is 1. The second-order valence-electron chi connectivity index (χ2n) is 7.65. The van der Waals surface area contributed by atoms with Gasteiger partial charge in [-0.1, -0.05) is 26.7 Å². The van der Waals surface area contributed by atoms with E-state index in [1.54, 1.807) is 0 Å².